The van der Waals surface area contributed by atoms with Crippen LogP contribution in [-0.2, 0) is 14.8 Å². The lowest BCUT2D eigenvalue weighted by Crippen LogP contribution is -2.50. The number of rotatable bonds is 3. The van der Waals surface area contributed by atoms with Crippen LogP contribution < -0.4 is 10.1 Å². The molecule has 1 fully saturated rings. The highest BCUT2D eigenvalue weighted by Crippen LogP contribution is 2.29. The molecule has 0 aliphatic carbocycles. The van der Waals surface area contributed by atoms with Crippen LogP contribution in [0.5, 0.6) is 5.75 Å². The van der Waals surface area contributed by atoms with E-state index < -0.39 is 10.0 Å². The fourth-order valence-corrected chi connectivity index (χ4v) is 3.84. The first-order valence-corrected chi connectivity index (χ1v) is 9.35. The number of sulfonamides is 1. The standard InChI is InChI=1S/C15H19N3O5S/c1-2-24(21,22)18-7-5-17(6-8-18)15(20)11-3-4-13-12(9-11)16-14(19)10-23-13/h3-4,9H,2,5-8,10H2,1H3,(H,16,19). The molecular weight excluding hydrogens is 334 g/mol. The molecule has 1 aromatic rings. The van der Waals surface area contributed by atoms with Gasteiger partial charge in [-0.3, -0.25) is 9.59 Å². The largest absolute Gasteiger partial charge is 0.482 e. The number of carbonyl (C=O) groups is 2. The lowest BCUT2D eigenvalue weighted by molar-refractivity contribution is -0.118. The second kappa shape index (κ2) is 6.40. The average Bonchev–Trinajstić information content (AvgIpc) is 2.60. The maximum absolute atomic E-state index is 12.6. The van der Waals surface area contributed by atoms with Gasteiger partial charge in [0.1, 0.15) is 5.75 Å². The Morgan fingerprint density at radius 2 is 1.96 bits per heavy atom. The maximum atomic E-state index is 12.6. The van der Waals surface area contributed by atoms with Crippen LogP contribution in [0.3, 0.4) is 0 Å². The van der Waals surface area contributed by atoms with E-state index in [2.05, 4.69) is 5.32 Å². The predicted molar refractivity (Wildman–Crippen MR) is 87.5 cm³/mol. The summed E-state index contributed by atoms with van der Waals surface area (Å²) in [5, 5.41) is 2.67. The zero-order valence-electron chi connectivity index (χ0n) is 13.3. The molecule has 0 aromatic heterocycles. The highest BCUT2D eigenvalue weighted by Gasteiger charge is 2.28. The molecule has 0 radical (unpaired) electrons. The Hall–Kier alpha value is -2.13. The topological polar surface area (TPSA) is 96.0 Å². The van der Waals surface area contributed by atoms with Crippen molar-refractivity contribution in [3.05, 3.63) is 23.8 Å². The van der Waals surface area contributed by atoms with Gasteiger partial charge in [0.25, 0.3) is 11.8 Å². The van der Waals surface area contributed by atoms with Crippen molar-refractivity contribution in [3.63, 3.8) is 0 Å². The summed E-state index contributed by atoms with van der Waals surface area (Å²) in [6.07, 6.45) is 0. The number of carbonyl (C=O) groups excluding carboxylic acids is 2. The van der Waals surface area contributed by atoms with Crippen molar-refractivity contribution in [3.8, 4) is 5.75 Å². The van der Waals surface area contributed by atoms with Gasteiger partial charge in [0.05, 0.1) is 11.4 Å². The average molecular weight is 353 g/mol. The SMILES string of the molecule is CCS(=O)(=O)N1CCN(C(=O)c2ccc3c(c2)NC(=O)CO3)CC1. The van der Waals surface area contributed by atoms with Gasteiger partial charge in [-0.2, -0.15) is 4.31 Å². The van der Waals surface area contributed by atoms with E-state index in [9.17, 15) is 18.0 Å². The van der Waals surface area contributed by atoms with Crippen LogP contribution in [-0.4, -0.2) is 68.0 Å². The summed E-state index contributed by atoms with van der Waals surface area (Å²) in [7, 11) is -3.22. The summed E-state index contributed by atoms with van der Waals surface area (Å²) in [6, 6.07) is 4.89. The zero-order chi connectivity index (χ0) is 17.3. The Kier molecular flexibility index (Phi) is 4.46. The van der Waals surface area contributed by atoms with Gasteiger partial charge in [-0.1, -0.05) is 0 Å². The van der Waals surface area contributed by atoms with Gasteiger partial charge in [0.15, 0.2) is 6.61 Å². The Morgan fingerprint density at radius 1 is 1.25 bits per heavy atom. The zero-order valence-corrected chi connectivity index (χ0v) is 14.1. The van der Waals surface area contributed by atoms with Crippen LogP contribution >= 0.6 is 0 Å². The second-order valence-electron chi connectivity index (χ2n) is 5.64. The van der Waals surface area contributed by atoms with E-state index in [1.807, 2.05) is 0 Å². The summed E-state index contributed by atoms with van der Waals surface area (Å²) in [6.45, 7) is 2.86. The van der Waals surface area contributed by atoms with Crippen molar-refractivity contribution in [2.75, 3.05) is 43.9 Å². The number of benzene rings is 1. The molecule has 1 N–H and O–H groups in total. The van der Waals surface area contributed by atoms with Gasteiger partial charge in [-0.05, 0) is 25.1 Å². The first kappa shape index (κ1) is 16.7. The van der Waals surface area contributed by atoms with Crippen LogP contribution in [0.2, 0.25) is 0 Å². The lowest BCUT2D eigenvalue weighted by Gasteiger charge is -2.34. The Bertz CT molecular complexity index is 769. The third-order valence-corrected chi connectivity index (χ3v) is 6.02. The van der Waals surface area contributed by atoms with Crippen molar-refractivity contribution >= 4 is 27.5 Å². The summed E-state index contributed by atoms with van der Waals surface area (Å²) < 4.78 is 30.4. The molecule has 0 saturated carbocycles. The highest BCUT2D eigenvalue weighted by atomic mass is 32.2. The molecule has 0 atom stereocenters. The van der Waals surface area contributed by atoms with Crippen LogP contribution in [0, 0.1) is 0 Å². The summed E-state index contributed by atoms with van der Waals surface area (Å²) >= 11 is 0. The fraction of sp³-hybridized carbons (Fsp3) is 0.467. The molecule has 1 saturated heterocycles. The molecule has 2 heterocycles. The van der Waals surface area contributed by atoms with Crippen LogP contribution in [0.4, 0.5) is 5.69 Å². The number of hydrogen-bond acceptors (Lipinski definition) is 5. The van der Waals surface area contributed by atoms with Crippen molar-refractivity contribution in [2.24, 2.45) is 0 Å². The normalized spacial score (nSPS) is 18.5. The molecular formula is C15H19N3O5S. The van der Waals surface area contributed by atoms with Crippen molar-refractivity contribution in [2.45, 2.75) is 6.92 Å². The number of nitrogens with one attached hydrogen (secondary N) is 1. The van der Waals surface area contributed by atoms with Crippen molar-refractivity contribution < 1.29 is 22.7 Å². The van der Waals surface area contributed by atoms with Gasteiger partial charge in [0, 0.05) is 31.7 Å². The smallest absolute Gasteiger partial charge is 0.262 e. The minimum Gasteiger partial charge on any atom is -0.482 e. The molecule has 1 aromatic carbocycles. The van der Waals surface area contributed by atoms with E-state index in [-0.39, 0.29) is 24.2 Å². The Balaban J connectivity index is 1.70. The minimum atomic E-state index is -3.22. The van der Waals surface area contributed by atoms with Gasteiger partial charge >= 0.3 is 0 Å². The number of hydrogen-bond donors (Lipinski definition) is 1. The van der Waals surface area contributed by atoms with E-state index in [1.54, 1.807) is 30.0 Å². The fourth-order valence-electron chi connectivity index (χ4n) is 2.75. The van der Waals surface area contributed by atoms with Gasteiger partial charge in [0.2, 0.25) is 10.0 Å². The second-order valence-corrected chi connectivity index (χ2v) is 7.90. The van der Waals surface area contributed by atoms with Crippen LogP contribution in [0.1, 0.15) is 17.3 Å². The van der Waals surface area contributed by atoms with E-state index in [1.165, 1.54) is 4.31 Å². The number of anilines is 1. The molecule has 2 amide bonds. The Morgan fingerprint density at radius 3 is 2.62 bits per heavy atom. The van der Waals surface area contributed by atoms with Gasteiger partial charge in [-0.25, -0.2) is 8.42 Å². The molecule has 0 bridgehead atoms. The molecule has 0 unspecified atom stereocenters. The molecule has 2 aliphatic rings. The first-order chi connectivity index (χ1) is 11.4. The van der Waals surface area contributed by atoms with Gasteiger partial charge < -0.3 is 15.0 Å². The molecule has 8 nitrogen and oxygen atoms in total. The molecule has 130 valence electrons. The third kappa shape index (κ3) is 3.22. The van der Waals surface area contributed by atoms with E-state index >= 15 is 0 Å². The highest BCUT2D eigenvalue weighted by molar-refractivity contribution is 7.89. The molecule has 0 spiro atoms. The number of amides is 2. The number of fused-ring (bicyclic) bond motifs is 1. The Labute approximate surface area is 140 Å². The van der Waals surface area contributed by atoms with Crippen LogP contribution in [0.15, 0.2) is 18.2 Å². The molecule has 9 heteroatoms. The summed E-state index contributed by atoms with van der Waals surface area (Å²) in [4.78, 5) is 25.6. The van der Waals surface area contributed by atoms with Gasteiger partial charge in [-0.15, -0.1) is 0 Å². The van der Waals surface area contributed by atoms with E-state index in [0.29, 0.717) is 43.2 Å². The predicted octanol–water partition coefficient (Wildman–Crippen LogP) is 0.125. The molecule has 3 rings (SSSR count). The number of piperazine rings is 1. The molecule has 2 aliphatic heterocycles. The third-order valence-electron chi connectivity index (χ3n) is 4.14. The number of nitrogens with zero attached hydrogens (tertiary/aromatic N) is 2. The maximum Gasteiger partial charge on any atom is 0.262 e. The lowest BCUT2D eigenvalue weighted by atomic mass is 10.1. The molecule has 24 heavy (non-hydrogen) atoms. The summed E-state index contributed by atoms with van der Waals surface area (Å²) in [5.74, 6) is 0.146. The number of ether oxygens (including phenoxy) is 1. The van der Waals surface area contributed by atoms with E-state index in [4.69, 9.17) is 4.74 Å². The van der Waals surface area contributed by atoms with Crippen molar-refractivity contribution in [1.82, 2.24) is 9.21 Å². The van der Waals surface area contributed by atoms with Crippen molar-refractivity contribution in [1.29, 1.82) is 0 Å². The van der Waals surface area contributed by atoms with E-state index in [0.717, 1.165) is 0 Å². The quantitative estimate of drug-likeness (QED) is 0.833. The van der Waals surface area contributed by atoms with Crippen LogP contribution in [0.25, 0.3) is 0 Å². The monoisotopic (exact) mass is 353 g/mol. The minimum absolute atomic E-state index is 0.0336. The summed E-state index contributed by atoms with van der Waals surface area (Å²) in [5.41, 5.74) is 0.913. The first-order valence-electron chi connectivity index (χ1n) is 7.74.